The molecule has 7 heteroatoms. The van der Waals surface area contributed by atoms with E-state index in [0.717, 1.165) is 16.4 Å². The van der Waals surface area contributed by atoms with E-state index in [1.54, 1.807) is 0 Å². The van der Waals surface area contributed by atoms with Crippen LogP contribution in [0.4, 0.5) is 0 Å². The number of aliphatic hydroxyl groups is 1. The summed E-state index contributed by atoms with van der Waals surface area (Å²) >= 11 is 0. The van der Waals surface area contributed by atoms with Crippen molar-refractivity contribution in [3.05, 3.63) is 23.5 Å². The van der Waals surface area contributed by atoms with Crippen LogP contribution in [-0.4, -0.2) is 36.8 Å². The van der Waals surface area contributed by atoms with Crippen LogP contribution in [0.1, 0.15) is 16.1 Å². The van der Waals surface area contributed by atoms with Crippen LogP contribution in [0.3, 0.4) is 0 Å². The predicted molar refractivity (Wildman–Crippen MR) is 51.9 cm³/mol. The number of ether oxygens (including phenoxy) is 1. The Kier molecular flexibility index (Phi) is 3.15. The normalized spacial score (nSPS) is 11.4. The molecule has 0 atom stereocenters. The first-order chi connectivity index (χ1) is 6.90. The van der Waals surface area contributed by atoms with Crippen LogP contribution >= 0.6 is 0 Å². The molecule has 0 saturated heterocycles. The van der Waals surface area contributed by atoms with Gasteiger partial charge in [0.2, 0.25) is 10.0 Å². The van der Waals surface area contributed by atoms with Crippen molar-refractivity contribution in [2.75, 3.05) is 13.4 Å². The van der Waals surface area contributed by atoms with Crippen molar-refractivity contribution >= 4 is 16.0 Å². The van der Waals surface area contributed by atoms with Gasteiger partial charge in [0.1, 0.15) is 0 Å². The van der Waals surface area contributed by atoms with Crippen molar-refractivity contribution in [2.24, 2.45) is 0 Å². The quantitative estimate of drug-likeness (QED) is 0.716. The third-order valence-corrected chi connectivity index (χ3v) is 2.86. The zero-order valence-corrected chi connectivity index (χ0v) is 9.11. The van der Waals surface area contributed by atoms with Gasteiger partial charge in [0.05, 0.1) is 31.2 Å². The van der Waals surface area contributed by atoms with Crippen LogP contribution in [0.25, 0.3) is 0 Å². The van der Waals surface area contributed by atoms with Crippen LogP contribution < -0.4 is 0 Å². The Hall–Kier alpha value is -1.34. The van der Waals surface area contributed by atoms with Crippen molar-refractivity contribution < 1.29 is 23.1 Å². The number of hydrogen-bond acceptors (Lipinski definition) is 5. The smallest absolute Gasteiger partial charge is 0.339 e. The number of esters is 1. The minimum atomic E-state index is -3.52. The average Bonchev–Trinajstić information content (AvgIpc) is 2.59. The second kappa shape index (κ2) is 4.03. The van der Waals surface area contributed by atoms with Gasteiger partial charge >= 0.3 is 5.97 Å². The third-order valence-electron chi connectivity index (χ3n) is 1.80. The monoisotopic (exact) mass is 233 g/mol. The lowest BCUT2D eigenvalue weighted by Crippen LogP contribution is -2.12. The van der Waals surface area contributed by atoms with Gasteiger partial charge < -0.3 is 9.84 Å². The Morgan fingerprint density at radius 2 is 2.20 bits per heavy atom. The lowest BCUT2D eigenvalue weighted by atomic mass is 10.3. The van der Waals surface area contributed by atoms with Gasteiger partial charge in [0.15, 0.2) is 0 Å². The molecule has 1 heterocycles. The lowest BCUT2D eigenvalue weighted by Gasteiger charge is -2.02. The maximum atomic E-state index is 11.2. The topological polar surface area (TPSA) is 85.6 Å². The SMILES string of the molecule is COC(=O)c1cc(CO)n(S(C)(=O)=O)c1. The molecule has 15 heavy (non-hydrogen) atoms. The van der Waals surface area contributed by atoms with Crippen LogP contribution in [0.2, 0.25) is 0 Å². The molecule has 0 spiro atoms. The van der Waals surface area contributed by atoms with Crippen LogP contribution in [-0.2, 0) is 21.4 Å². The zero-order chi connectivity index (χ0) is 11.6. The van der Waals surface area contributed by atoms with Crippen LogP contribution in [0, 0.1) is 0 Å². The van der Waals surface area contributed by atoms with Crippen molar-refractivity contribution in [2.45, 2.75) is 6.61 Å². The van der Waals surface area contributed by atoms with Crippen molar-refractivity contribution in [1.82, 2.24) is 3.97 Å². The number of carbonyl (C=O) groups excluding carboxylic acids is 1. The van der Waals surface area contributed by atoms with E-state index in [1.165, 1.54) is 13.2 Å². The molecule has 1 aromatic rings. The average molecular weight is 233 g/mol. The van der Waals surface area contributed by atoms with E-state index in [9.17, 15) is 13.2 Å². The number of nitrogens with zero attached hydrogens (tertiary/aromatic N) is 1. The first-order valence-corrected chi connectivity index (χ1v) is 5.86. The summed E-state index contributed by atoms with van der Waals surface area (Å²) in [4.78, 5) is 11.1. The predicted octanol–water partition coefficient (Wildman–Crippen LogP) is -0.425. The summed E-state index contributed by atoms with van der Waals surface area (Å²) in [5, 5.41) is 8.91. The van der Waals surface area contributed by atoms with E-state index < -0.39 is 22.6 Å². The summed E-state index contributed by atoms with van der Waals surface area (Å²) in [6, 6.07) is 1.27. The second-order valence-corrected chi connectivity index (χ2v) is 4.79. The maximum Gasteiger partial charge on any atom is 0.339 e. The summed E-state index contributed by atoms with van der Waals surface area (Å²) in [7, 11) is -2.32. The molecule has 0 aliphatic carbocycles. The van der Waals surface area contributed by atoms with E-state index in [1.807, 2.05) is 0 Å². The number of rotatable bonds is 3. The first-order valence-electron chi connectivity index (χ1n) is 4.01. The van der Waals surface area contributed by atoms with Gasteiger partial charge in [0.25, 0.3) is 0 Å². The fourth-order valence-corrected chi connectivity index (χ4v) is 1.98. The summed E-state index contributed by atoms with van der Waals surface area (Å²) in [5.74, 6) is -0.646. The summed E-state index contributed by atoms with van der Waals surface area (Å²) < 4.78 is 27.8. The highest BCUT2D eigenvalue weighted by Gasteiger charge is 2.16. The Morgan fingerprint density at radius 3 is 2.53 bits per heavy atom. The molecule has 0 fully saturated rings. The summed E-state index contributed by atoms with van der Waals surface area (Å²) in [6.45, 7) is -0.468. The minimum absolute atomic E-state index is 0.0898. The van der Waals surface area contributed by atoms with Crippen LogP contribution in [0.5, 0.6) is 0 Å². The summed E-state index contributed by atoms with van der Waals surface area (Å²) in [5.41, 5.74) is 0.213. The van der Waals surface area contributed by atoms with E-state index in [-0.39, 0.29) is 11.3 Å². The van der Waals surface area contributed by atoms with Crippen molar-refractivity contribution in [3.63, 3.8) is 0 Å². The zero-order valence-electron chi connectivity index (χ0n) is 8.30. The minimum Gasteiger partial charge on any atom is -0.465 e. The number of hydrogen-bond donors (Lipinski definition) is 1. The highest BCUT2D eigenvalue weighted by molar-refractivity contribution is 7.89. The highest BCUT2D eigenvalue weighted by Crippen LogP contribution is 2.12. The largest absolute Gasteiger partial charge is 0.465 e. The van der Waals surface area contributed by atoms with E-state index in [4.69, 9.17) is 5.11 Å². The Morgan fingerprint density at radius 1 is 1.60 bits per heavy atom. The number of aliphatic hydroxyl groups excluding tert-OH is 1. The molecule has 0 radical (unpaired) electrons. The molecule has 6 nitrogen and oxygen atoms in total. The lowest BCUT2D eigenvalue weighted by molar-refractivity contribution is 0.0601. The van der Waals surface area contributed by atoms with E-state index >= 15 is 0 Å². The fourth-order valence-electron chi connectivity index (χ4n) is 1.14. The molecule has 84 valence electrons. The molecule has 0 aliphatic rings. The van der Waals surface area contributed by atoms with E-state index in [0.29, 0.717) is 0 Å². The van der Waals surface area contributed by atoms with Gasteiger partial charge in [-0.05, 0) is 6.07 Å². The Bertz CT molecular complexity index is 473. The molecule has 1 N–H and O–H groups in total. The molecule has 0 saturated carbocycles. The standard InChI is InChI=1S/C8H11NO5S/c1-14-8(11)6-3-7(5-10)9(4-6)15(2,12)13/h3-4,10H,5H2,1-2H3. The second-order valence-electron chi connectivity index (χ2n) is 2.93. The fraction of sp³-hybridized carbons (Fsp3) is 0.375. The van der Waals surface area contributed by atoms with Gasteiger partial charge in [-0.2, -0.15) is 0 Å². The molecule has 1 rings (SSSR count). The van der Waals surface area contributed by atoms with Gasteiger partial charge in [-0.15, -0.1) is 0 Å². The molecule has 0 unspecified atom stereocenters. The Labute approximate surface area is 87.1 Å². The van der Waals surface area contributed by atoms with Gasteiger partial charge in [0, 0.05) is 6.20 Å². The van der Waals surface area contributed by atoms with E-state index in [2.05, 4.69) is 4.74 Å². The molecule has 0 aliphatic heterocycles. The van der Waals surface area contributed by atoms with Gasteiger partial charge in [-0.1, -0.05) is 0 Å². The third kappa shape index (κ3) is 2.37. The highest BCUT2D eigenvalue weighted by atomic mass is 32.2. The Balaban J connectivity index is 3.30. The number of methoxy groups -OCH3 is 1. The molecular formula is C8H11NO5S. The number of aromatic nitrogens is 1. The van der Waals surface area contributed by atoms with Gasteiger partial charge in [-0.25, -0.2) is 17.2 Å². The maximum absolute atomic E-state index is 11.2. The molecule has 0 amide bonds. The molecule has 1 aromatic heterocycles. The van der Waals surface area contributed by atoms with Crippen LogP contribution in [0.15, 0.2) is 12.3 Å². The molecule has 0 bridgehead atoms. The molecule has 0 aromatic carbocycles. The summed E-state index contributed by atoms with van der Waals surface area (Å²) in [6.07, 6.45) is 2.10. The number of carbonyl (C=O) groups is 1. The first kappa shape index (κ1) is 11.7. The molecular weight excluding hydrogens is 222 g/mol. The van der Waals surface area contributed by atoms with Crippen molar-refractivity contribution in [3.8, 4) is 0 Å². The van der Waals surface area contributed by atoms with Crippen molar-refractivity contribution in [1.29, 1.82) is 0 Å². The van der Waals surface area contributed by atoms with Gasteiger partial charge in [-0.3, -0.25) is 0 Å².